The summed E-state index contributed by atoms with van der Waals surface area (Å²) in [6.45, 7) is 8.46. The number of hydrogen-bond donors (Lipinski definition) is 1. The van der Waals surface area contributed by atoms with E-state index in [9.17, 15) is 4.79 Å². The normalized spacial score (nSPS) is 17.6. The van der Waals surface area contributed by atoms with E-state index in [4.69, 9.17) is 5.73 Å². The van der Waals surface area contributed by atoms with Crippen LogP contribution in [0.3, 0.4) is 0 Å². The minimum absolute atomic E-state index is 0. The highest BCUT2D eigenvalue weighted by Gasteiger charge is 2.26. The lowest BCUT2D eigenvalue weighted by Crippen LogP contribution is -2.52. The van der Waals surface area contributed by atoms with Gasteiger partial charge in [-0.25, -0.2) is 0 Å². The number of nitrogens with zero attached hydrogens (tertiary/aromatic N) is 2. The Morgan fingerprint density at radius 1 is 1.09 bits per heavy atom. The smallest absolute Gasteiger partial charge is 0.227 e. The van der Waals surface area contributed by atoms with Crippen LogP contribution in [0.1, 0.15) is 19.4 Å². The van der Waals surface area contributed by atoms with Crippen molar-refractivity contribution in [1.82, 2.24) is 9.80 Å². The van der Waals surface area contributed by atoms with Gasteiger partial charge in [0.1, 0.15) is 0 Å². The third-order valence-electron chi connectivity index (χ3n) is 4.42. The van der Waals surface area contributed by atoms with Gasteiger partial charge in [-0.3, -0.25) is 9.69 Å². The highest BCUT2D eigenvalue weighted by molar-refractivity contribution is 5.85. The first-order valence-electron chi connectivity index (χ1n) is 7.88. The van der Waals surface area contributed by atoms with Crippen LogP contribution in [0.5, 0.6) is 0 Å². The minimum atomic E-state index is -0.0825. The Bertz CT molecular complexity index is 448. The molecule has 2 unspecified atom stereocenters. The fourth-order valence-corrected chi connectivity index (χ4v) is 2.64. The lowest BCUT2D eigenvalue weighted by atomic mass is 10.0. The summed E-state index contributed by atoms with van der Waals surface area (Å²) in [7, 11) is 0. The molecule has 1 aromatic rings. The molecule has 0 saturated carbocycles. The van der Waals surface area contributed by atoms with Gasteiger partial charge in [0.2, 0.25) is 5.91 Å². The summed E-state index contributed by atoms with van der Waals surface area (Å²) in [5, 5.41) is 0. The topological polar surface area (TPSA) is 49.6 Å². The Labute approximate surface area is 152 Å². The third kappa shape index (κ3) is 6.68. The predicted molar refractivity (Wildman–Crippen MR) is 100 cm³/mol. The van der Waals surface area contributed by atoms with Crippen LogP contribution in [0.4, 0.5) is 0 Å². The first kappa shape index (κ1) is 22.2. The lowest BCUT2D eigenvalue weighted by molar-refractivity contribution is -0.137. The fraction of sp³-hybridized carbons (Fsp3) is 0.588. The van der Waals surface area contributed by atoms with Crippen LogP contribution in [0.25, 0.3) is 0 Å². The van der Waals surface area contributed by atoms with Crippen LogP contribution in [0.2, 0.25) is 0 Å². The molecule has 1 aromatic carbocycles. The number of benzene rings is 1. The Hall–Kier alpha value is -0.810. The van der Waals surface area contributed by atoms with E-state index in [-0.39, 0.29) is 42.7 Å². The second-order valence-corrected chi connectivity index (χ2v) is 6.05. The molecule has 1 aliphatic rings. The van der Waals surface area contributed by atoms with E-state index in [2.05, 4.69) is 29.2 Å². The molecule has 1 amide bonds. The van der Waals surface area contributed by atoms with Crippen molar-refractivity contribution in [3.05, 3.63) is 35.9 Å². The number of hydrogen-bond acceptors (Lipinski definition) is 3. The van der Waals surface area contributed by atoms with Crippen LogP contribution in [-0.4, -0.2) is 54.5 Å². The average Bonchev–Trinajstić information content (AvgIpc) is 2.53. The highest BCUT2D eigenvalue weighted by atomic mass is 35.5. The summed E-state index contributed by atoms with van der Waals surface area (Å²) in [4.78, 5) is 16.7. The van der Waals surface area contributed by atoms with Gasteiger partial charge in [-0.1, -0.05) is 37.3 Å². The molecule has 0 aromatic heterocycles. The molecule has 0 bridgehead atoms. The molecular formula is C17H29Cl2N3O. The van der Waals surface area contributed by atoms with Crippen molar-refractivity contribution >= 4 is 30.7 Å². The molecule has 1 fully saturated rings. The number of carbonyl (C=O) groups is 1. The van der Waals surface area contributed by atoms with Crippen molar-refractivity contribution in [2.24, 2.45) is 11.7 Å². The SMILES string of the molecule is CC(N)C(C)C(=O)N1CCN(CCc2ccccc2)CC1.Cl.Cl. The Balaban J connectivity index is 0.00000242. The zero-order valence-corrected chi connectivity index (χ0v) is 15.6. The summed E-state index contributed by atoms with van der Waals surface area (Å²) in [6, 6.07) is 10.5. The molecule has 132 valence electrons. The fourth-order valence-electron chi connectivity index (χ4n) is 2.64. The van der Waals surface area contributed by atoms with Crippen LogP contribution in [0, 0.1) is 5.92 Å². The van der Waals surface area contributed by atoms with Crippen molar-refractivity contribution < 1.29 is 4.79 Å². The lowest BCUT2D eigenvalue weighted by Gasteiger charge is -2.36. The predicted octanol–water partition coefficient (Wildman–Crippen LogP) is 2.20. The van der Waals surface area contributed by atoms with Crippen molar-refractivity contribution in [2.75, 3.05) is 32.7 Å². The molecular weight excluding hydrogens is 333 g/mol. The van der Waals surface area contributed by atoms with Gasteiger partial charge in [-0.15, -0.1) is 24.8 Å². The molecule has 1 heterocycles. The molecule has 2 atom stereocenters. The Morgan fingerprint density at radius 3 is 2.17 bits per heavy atom. The van der Waals surface area contributed by atoms with Gasteiger partial charge < -0.3 is 10.6 Å². The summed E-state index contributed by atoms with van der Waals surface area (Å²) in [6.07, 6.45) is 1.07. The summed E-state index contributed by atoms with van der Waals surface area (Å²) < 4.78 is 0. The number of halogens is 2. The van der Waals surface area contributed by atoms with Crippen molar-refractivity contribution in [3.63, 3.8) is 0 Å². The summed E-state index contributed by atoms with van der Waals surface area (Å²) in [5.74, 6) is 0.119. The highest BCUT2D eigenvalue weighted by Crippen LogP contribution is 2.10. The van der Waals surface area contributed by atoms with Crippen LogP contribution < -0.4 is 5.73 Å². The monoisotopic (exact) mass is 361 g/mol. The molecule has 0 radical (unpaired) electrons. The molecule has 1 saturated heterocycles. The van der Waals surface area contributed by atoms with Gasteiger partial charge in [0.15, 0.2) is 0 Å². The van der Waals surface area contributed by atoms with E-state index in [0.29, 0.717) is 0 Å². The van der Waals surface area contributed by atoms with E-state index in [0.717, 1.165) is 39.1 Å². The Morgan fingerprint density at radius 2 is 1.65 bits per heavy atom. The van der Waals surface area contributed by atoms with Crippen molar-refractivity contribution in [2.45, 2.75) is 26.3 Å². The molecule has 6 heteroatoms. The number of nitrogens with two attached hydrogens (primary N) is 1. The van der Waals surface area contributed by atoms with E-state index in [1.807, 2.05) is 24.8 Å². The standard InChI is InChI=1S/C17H27N3O.2ClH/c1-14(15(2)18)17(21)20-12-10-19(11-13-20)9-8-16-6-4-3-5-7-16;;/h3-7,14-15H,8-13,18H2,1-2H3;2*1H. The zero-order valence-electron chi connectivity index (χ0n) is 14.0. The van der Waals surface area contributed by atoms with Crippen LogP contribution in [0.15, 0.2) is 30.3 Å². The molecule has 0 aliphatic carbocycles. The summed E-state index contributed by atoms with van der Waals surface area (Å²) >= 11 is 0. The van der Waals surface area contributed by atoms with Crippen molar-refractivity contribution in [3.8, 4) is 0 Å². The zero-order chi connectivity index (χ0) is 15.2. The van der Waals surface area contributed by atoms with Gasteiger partial charge in [0, 0.05) is 38.8 Å². The van der Waals surface area contributed by atoms with E-state index in [1.54, 1.807) is 0 Å². The second-order valence-electron chi connectivity index (χ2n) is 6.05. The quantitative estimate of drug-likeness (QED) is 0.874. The molecule has 23 heavy (non-hydrogen) atoms. The van der Waals surface area contributed by atoms with E-state index in [1.165, 1.54) is 5.56 Å². The van der Waals surface area contributed by atoms with Crippen LogP contribution >= 0.6 is 24.8 Å². The summed E-state index contributed by atoms with van der Waals surface area (Å²) in [5.41, 5.74) is 7.20. The number of carbonyl (C=O) groups excluding carboxylic acids is 1. The maximum Gasteiger partial charge on any atom is 0.227 e. The van der Waals surface area contributed by atoms with Gasteiger partial charge in [-0.2, -0.15) is 0 Å². The van der Waals surface area contributed by atoms with Gasteiger partial charge >= 0.3 is 0 Å². The number of piperazine rings is 1. The maximum atomic E-state index is 12.3. The number of amides is 1. The molecule has 4 nitrogen and oxygen atoms in total. The molecule has 2 rings (SSSR count). The molecule has 2 N–H and O–H groups in total. The van der Waals surface area contributed by atoms with Gasteiger partial charge in [-0.05, 0) is 18.9 Å². The minimum Gasteiger partial charge on any atom is -0.340 e. The van der Waals surface area contributed by atoms with Gasteiger partial charge in [0.05, 0.1) is 5.92 Å². The van der Waals surface area contributed by atoms with Gasteiger partial charge in [0.25, 0.3) is 0 Å². The van der Waals surface area contributed by atoms with E-state index < -0.39 is 0 Å². The van der Waals surface area contributed by atoms with E-state index >= 15 is 0 Å². The first-order chi connectivity index (χ1) is 10.1. The van der Waals surface area contributed by atoms with Crippen LogP contribution in [-0.2, 0) is 11.2 Å². The Kier molecular flexibility index (Phi) is 10.5. The number of rotatable bonds is 5. The molecule has 1 aliphatic heterocycles. The largest absolute Gasteiger partial charge is 0.340 e. The maximum absolute atomic E-state index is 12.3. The molecule has 0 spiro atoms. The third-order valence-corrected chi connectivity index (χ3v) is 4.42. The first-order valence-corrected chi connectivity index (χ1v) is 7.88. The second kappa shape index (κ2) is 10.9. The van der Waals surface area contributed by atoms with Crippen molar-refractivity contribution in [1.29, 1.82) is 0 Å². The average molecular weight is 362 g/mol.